The van der Waals surface area contributed by atoms with Gasteiger partial charge in [0.25, 0.3) is 0 Å². The average molecular weight is 600 g/mol. The number of piperidine rings is 1. The summed E-state index contributed by atoms with van der Waals surface area (Å²) >= 11 is 0. The van der Waals surface area contributed by atoms with Crippen LogP contribution in [0.1, 0.15) is 24.0 Å². The number of benzene rings is 1. The molecule has 220 valence electrons. The van der Waals surface area contributed by atoms with E-state index in [2.05, 4.69) is 19.7 Å². The fourth-order valence-electron chi connectivity index (χ4n) is 4.52. The van der Waals surface area contributed by atoms with Crippen molar-refractivity contribution in [3.8, 4) is 0 Å². The van der Waals surface area contributed by atoms with Crippen LogP contribution in [0.25, 0.3) is 0 Å². The normalized spacial score (nSPS) is 15.0. The first-order valence-corrected chi connectivity index (χ1v) is 13.8. The predicted octanol–water partition coefficient (Wildman–Crippen LogP) is 4.38. The van der Waals surface area contributed by atoms with Crippen LogP contribution in [0.4, 0.5) is 33.5 Å². The SMILES string of the molecule is Cc1cc(S(=O)(=O)N(OC(=O)C(F)(F)F)c2cccc(F)n2)ncc1N(C)C1CCN(Cc2cccc(F)c2)CC1. The molecular weight excluding hydrogens is 573 g/mol. The zero-order chi connectivity index (χ0) is 29.9. The molecule has 3 heterocycles. The van der Waals surface area contributed by atoms with Crippen molar-refractivity contribution < 1.29 is 40.0 Å². The second-order valence-electron chi connectivity index (χ2n) is 9.48. The minimum atomic E-state index is -5.54. The highest BCUT2D eigenvalue weighted by molar-refractivity contribution is 7.92. The summed E-state index contributed by atoms with van der Waals surface area (Å²) in [7, 11) is -3.24. The fourth-order valence-corrected chi connectivity index (χ4v) is 5.71. The third-order valence-electron chi connectivity index (χ3n) is 6.61. The molecule has 1 fully saturated rings. The lowest BCUT2D eigenvalue weighted by Gasteiger charge is -2.38. The van der Waals surface area contributed by atoms with Gasteiger partial charge in [-0.05, 0) is 61.2 Å². The molecule has 0 unspecified atom stereocenters. The summed E-state index contributed by atoms with van der Waals surface area (Å²) in [6.45, 7) is 3.68. The summed E-state index contributed by atoms with van der Waals surface area (Å²) in [4.78, 5) is 27.0. The highest BCUT2D eigenvalue weighted by atomic mass is 32.2. The molecule has 9 nitrogen and oxygen atoms in total. The van der Waals surface area contributed by atoms with E-state index in [9.17, 15) is 35.2 Å². The van der Waals surface area contributed by atoms with Gasteiger partial charge in [0.1, 0.15) is 5.82 Å². The zero-order valence-corrected chi connectivity index (χ0v) is 22.8. The number of sulfonamides is 1. The smallest absolute Gasteiger partial charge is 0.370 e. The highest BCUT2D eigenvalue weighted by Gasteiger charge is 2.45. The molecule has 1 aliphatic rings. The Kier molecular flexibility index (Phi) is 8.77. The summed E-state index contributed by atoms with van der Waals surface area (Å²) < 4.78 is 92.0. The van der Waals surface area contributed by atoms with Crippen molar-refractivity contribution >= 4 is 27.5 Å². The number of carbonyl (C=O) groups excluding carboxylic acids is 1. The topological polar surface area (TPSA) is 95.9 Å². The number of nitrogens with zero attached hydrogens (tertiary/aromatic N) is 5. The van der Waals surface area contributed by atoms with Crippen LogP contribution in [0.2, 0.25) is 0 Å². The van der Waals surface area contributed by atoms with Gasteiger partial charge in [0.2, 0.25) is 5.95 Å². The van der Waals surface area contributed by atoms with Gasteiger partial charge < -0.3 is 9.74 Å². The van der Waals surface area contributed by atoms with Crippen molar-refractivity contribution in [3.63, 3.8) is 0 Å². The number of aromatic nitrogens is 2. The van der Waals surface area contributed by atoms with Crippen LogP contribution in [0.15, 0.2) is 59.8 Å². The molecule has 0 amide bonds. The van der Waals surface area contributed by atoms with E-state index in [1.54, 1.807) is 13.0 Å². The van der Waals surface area contributed by atoms with Crippen LogP contribution < -0.4 is 9.37 Å². The highest BCUT2D eigenvalue weighted by Crippen LogP contribution is 2.30. The zero-order valence-electron chi connectivity index (χ0n) is 22.0. The summed E-state index contributed by atoms with van der Waals surface area (Å²) in [5, 5.41) is -0.738. The number of carbonyl (C=O) groups is 1. The number of hydrogen-bond acceptors (Lipinski definition) is 8. The molecule has 4 rings (SSSR count). The van der Waals surface area contributed by atoms with E-state index in [1.807, 2.05) is 18.0 Å². The first-order chi connectivity index (χ1) is 19.3. The molecule has 0 spiro atoms. The molecule has 0 saturated carbocycles. The molecule has 1 aliphatic heterocycles. The van der Waals surface area contributed by atoms with Gasteiger partial charge in [-0.15, -0.1) is 0 Å². The molecule has 1 saturated heterocycles. The lowest BCUT2D eigenvalue weighted by molar-refractivity contribution is -0.199. The Hall–Kier alpha value is -3.85. The molecule has 0 aliphatic carbocycles. The van der Waals surface area contributed by atoms with Crippen molar-refractivity contribution in [1.29, 1.82) is 0 Å². The van der Waals surface area contributed by atoms with Crippen LogP contribution in [-0.2, 0) is 26.2 Å². The maximum Gasteiger partial charge on any atom is 0.493 e. The molecular formula is C26H26F5N5O4S. The van der Waals surface area contributed by atoms with Gasteiger partial charge in [-0.25, -0.2) is 14.2 Å². The Bertz CT molecular complexity index is 1510. The van der Waals surface area contributed by atoms with E-state index in [0.717, 1.165) is 55.8 Å². The second-order valence-corrected chi connectivity index (χ2v) is 11.2. The Balaban J connectivity index is 1.51. The Morgan fingerprint density at radius 2 is 1.78 bits per heavy atom. The number of aryl methyl sites for hydroxylation is 1. The van der Waals surface area contributed by atoms with Gasteiger partial charge in [-0.1, -0.05) is 22.7 Å². The van der Waals surface area contributed by atoms with Gasteiger partial charge in [0, 0.05) is 32.7 Å². The Morgan fingerprint density at radius 1 is 1.10 bits per heavy atom. The van der Waals surface area contributed by atoms with Crippen molar-refractivity contribution in [2.24, 2.45) is 0 Å². The number of rotatable bonds is 8. The van der Waals surface area contributed by atoms with Crippen LogP contribution >= 0.6 is 0 Å². The summed E-state index contributed by atoms with van der Waals surface area (Å²) in [6.07, 6.45) is -2.76. The molecule has 0 N–H and O–H groups in total. The van der Waals surface area contributed by atoms with E-state index in [-0.39, 0.29) is 11.9 Å². The first kappa shape index (κ1) is 30.1. The second kappa shape index (κ2) is 11.9. The minimum Gasteiger partial charge on any atom is -0.370 e. The number of likely N-dealkylation sites (tertiary alicyclic amines) is 1. The van der Waals surface area contributed by atoms with Crippen molar-refractivity contribution in [2.45, 2.75) is 43.6 Å². The minimum absolute atomic E-state index is 0.0717. The molecule has 0 radical (unpaired) electrons. The largest absolute Gasteiger partial charge is 0.493 e. The third kappa shape index (κ3) is 7.08. The molecule has 0 bridgehead atoms. The molecule has 2 aromatic heterocycles. The molecule has 41 heavy (non-hydrogen) atoms. The van der Waals surface area contributed by atoms with Crippen LogP contribution in [-0.4, -0.2) is 61.6 Å². The van der Waals surface area contributed by atoms with Gasteiger partial charge >= 0.3 is 22.2 Å². The number of hydrogen-bond donors (Lipinski definition) is 0. The number of halogens is 5. The molecule has 3 aromatic rings. The lowest BCUT2D eigenvalue weighted by Crippen LogP contribution is -2.43. The monoisotopic (exact) mass is 599 g/mol. The molecule has 0 atom stereocenters. The summed E-state index contributed by atoms with van der Waals surface area (Å²) in [5.41, 5.74) is 1.88. The van der Waals surface area contributed by atoms with Crippen LogP contribution in [0.3, 0.4) is 0 Å². The Morgan fingerprint density at radius 3 is 2.39 bits per heavy atom. The summed E-state index contributed by atoms with van der Waals surface area (Å²) in [6, 6.07) is 10.3. The van der Waals surface area contributed by atoms with Gasteiger partial charge in [-0.3, -0.25) is 4.90 Å². The maximum absolute atomic E-state index is 13.7. The maximum atomic E-state index is 13.7. The fraction of sp³-hybridized carbons (Fsp3) is 0.346. The van der Waals surface area contributed by atoms with Crippen LogP contribution in [0, 0.1) is 18.7 Å². The number of alkyl halides is 3. The van der Waals surface area contributed by atoms with Crippen LogP contribution in [0.5, 0.6) is 0 Å². The third-order valence-corrected chi connectivity index (χ3v) is 8.06. The van der Waals surface area contributed by atoms with Gasteiger partial charge in [0.05, 0.1) is 11.9 Å². The summed E-state index contributed by atoms with van der Waals surface area (Å²) in [5.74, 6) is -5.26. The van der Waals surface area contributed by atoms with E-state index in [0.29, 0.717) is 17.8 Å². The van der Waals surface area contributed by atoms with Gasteiger partial charge in [-0.2, -0.15) is 31.0 Å². The van der Waals surface area contributed by atoms with Gasteiger partial charge in [0.15, 0.2) is 10.8 Å². The number of anilines is 2. The lowest BCUT2D eigenvalue weighted by atomic mass is 10.0. The van der Waals surface area contributed by atoms with Crippen molar-refractivity contribution in [1.82, 2.24) is 14.9 Å². The molecule has 1 aromatic carbocycles. The van der Waals surface area contributed by atoms with E-state index < -0.39 is 43.4 Å². The molecule has 15 heteroatoms. The predicted molar refractivity (Wildman–Crippen MR) is 138 cm³/mol. The van der Waals surface area contributed by atoms with Crippen molar-refractivity contribution in [3.05, 3.63) is 77.6 Å². The standard InChI is InChI=1S/C26H26F5N5O4S/c1-17-13-24(41(38,39)36(40-25(37)26(29,30)31)23-8-4-7-22(28)33-23)32-15-21(17)34(2)20-9-11-35(12-10-20)16-18-5-3-6-19(27)14-18/h3-8,13-15,20H,9-12,16H2,1-2H3. The van der Waals surface area contributed by atoms with E-state index in [1.165, 1.54) is 18.3 Å². The van der Waals surface area contributed by atoms with E-state index in [4.69, 9.17) is 0 Å². The Labute approximate surface area is 233 Å². The first-order valence-electron chi connectivity index (χ1n) is 12.4. The van der Waals surface area contributed by atoms with Crippen molar-refractivity contribution in [2.75, 3.05) is 29.5 Å². The average Bonchev–Trinajstić information content (AvgIpc) is 2.91. The number of pyridine rings is 2. The van der Waals surface area contributed by atoms with E-state index >= 15 is 0 Å². The quantitative estimate of drug-likeness (QED) is 0.214.